The van der Waals surface area contributed by atoms with E-state index in [2.05, 4.69) is 45.4 Å². The highest BCUT2D eigenvalue weighted by Gasteiger charge is 2.43. The molecule has 3 heterocycles. The van der Waals surface area contributed by atoms with Gasteiger partial charge in [0.2, 0.25) is 0 Å². The molecule has 6 heteroatoms. The summed E-state index contributed by atoms with van der Waals surface area (Å²) in [6.07, 6.45) is 4.57. The van der Waals surface area contributed by atoms with Crippen molar-refractivity contribution in [3.05, 3.63) is 48.5 Å². The third kappa shape index (κ3) is 3.66. The van der Waals surface area contributed by atoms with Crippen molar-refractivity contribution in [1.29, 1.82) is 0 Å². The number of hydrogen-bond acceptors (Lipinski definition) is 5. The highest BCUT2D eigenvalue weighted by Crippen LogP contribution is 2.33. The maximum Gasteiger partial charge on any atom is 0.119 e. The lowest BCUT2D eigenvalue weighted by atomic mass is 9.94. The molecule has 2 atom stereocenters. The van der Waals surface area contributed by atoms with Crippen LogP contribution in [0.1, 0.15) is 12.0 Å². The van der Waals surface area contributed by atoms with E-state index in [1.807, 2.05) is 4.57 Å². The lowest BCUT2D eigenvalue weighted by Gasteiger charge is -2.31. The SMILES string of the molecule is c1ccc(CN2CCOC[C@]3(C[C@H](Cn4cnnc4)CO3)C2)cc1. The number of rotatable bonds is 4. The minimum Gasteiger partial charge on any atom is -0.377 e. The Labute approximate surface area is 142 Å². The summed E-state index contributed by atoms with van der Waals surface area (Å²) in [5.41, 5.74) is 1.16. The molecule has 0 aliphatic carbocycles. The molecule has 24 heavy (non-hydrogen) atoms. The van der Waals surface area contributed by atoms with Crippen LogP contribution < -0.4 is 0 Å². The van der Waals surface area contributed by atoms with Crippen LogP contribution in [0, 0.1) is 5.92 Å². The average molecular weight is 328 g/mol. The Bertz CT molecular complexity index is 634. The van der Waals surface area contributed by atoms with Gasteiger partial charge in [-0.1, -0.05) is 30.3 Å². The fourth-order valence-electron chi connectivity index (χ4n) is 3.84. The van der Waals surface area contributed by atoms with Crippen molar-refractivity contribution >= 4 is 0 Å². The van der Waals surface area contributed by atoms with Gasteiger partial charge in [0, 0.05) is 32.1 Å². The van der Waals surface area contributed by atoms with Crippen LogP contribution in [0.2, 0.25) is 0 Å². The van der Waals surface area contributed by atoms with Gasteiger partial charge in [-0.15, -0.1) is 10.2 Å². The Balaban J connectivity index is 1.40. The Morgan fingerprint density at radius 1 is 1.17 bits per heavy atom. The first kappa shape index (κ1) is 15.7. The predicted octanol–water partition coefficient (Wildman–Crippen LogP) is 1.59. The molecule has 128 valence electrons. The number of hydrogen-bond donors (Lipinski definition) is 0. The third-order valence-electron chi connectivity index (χ3n) is 4.90. The molecule has 0 unspecified atom stereocenters. The first-order valence-corrected chi connectivity index (χ1v) is 8.62. The molecule has 1 spiro atoms. The van der Waals surface area contributed by atoms with Crippen molar-refractivity contribution in [2.75, 3.05) is 32.9 Å². The summed E-state index contributed by atoms with van der Waals surface area (Å²) in [6, 6.07) is 10.6. The van der Waals surface area contributed by atoms with Crippen LogP contribution in [0.15, 0.2) is 43.0 Å². The molecule has 1 aromatic heterocycles. The monoisotopic (exact) mass is 328 g/mol. The Kier molecular flexibility index (Phi) is 4.60. The second-order valence-electron chi connectivity index (χ2n) is 6.97. The fraction of sp³-hybridized carbons (Fsp3) is 0.556. The Hall–Kier alpha value is -1.76. The lowest BCUT2D eigenvalue weighted by molar-refractivity contribution is -0.0563. The quantitative estimate of drug-likeness (QED) is 0.853. The number of aromatic nitrogens is 3. The molecule has 2 saturated heterocycles. The van der Waals surface area contributed by atoms with Gasteiger partial charge in [0.1, 0.15) is 18.3 Å². The molecule has 0 amide bonds. The van der Waals surface area contributed by atoms with Gasteiger partial charge >= 0.3 is 0 Å². The zero-order valence-corrected chi connectivity index (χ0v) is 13.9. The van der Waals surface area contributed by atoms with E-state index >= 15 is 0 Å². The van der Waals surface area contributed by atoms with Crippen molar-refractivity contribution < 1.29 is 9.47 Å². The highest BCUT2D eigenvalue weighted by atomic mass is 16.5. The van der Waals surface area contributed by atoms with E-state index in [4.69, 9.17) is 9.47 Å². The van der Waals surface area contributed by atoms with Crippen LogP contribution in [-0.2, 0) is 22.6 Å². The van der Waals surface area contributed by atoms with Gasteiger partial charge < -0.3 is 14.0 Å². The molecule has 4 rings (SSSR count). The number of ether oxygens (including phenoxy) is 2. The van der Waals surface area contributed by atoms with Gasteiger partial charge in [0.05, 0.1) is 19.8 Å². The molecular formula is C18H24N4O2. The van der Waals surface area contributed by atoms with Gasteiger partial charge in [-0.2, -0.15) is 0 Å². The van der Waals surface area contributed by atoms with Crippen LogP contribution in [0.25, 0.3) is 0 Å². The summed E-state index contributed by atoms with van der Waals surface area (Å²) in [5, 5.41) is 7.76. The minimum atomic E-state index is -0.177. The fourth-order valence-corrected chi connectivity index (χ4v) is 3.84. The van der Waals surface area contributed by atoms with E-state index in [0.29, 0.717) is 12.5 Å². The number of nitrogens with zero attached hydrogens (tertiary/aromatic N) is 4. The van der Waals surface area contributed by atoms with Crippen molar-refractivity contribution in [1.82, 2.24) is 19.7 Å². The molecule has 0 radical (unpaired) electrons. The van der Waals surface area contributed by atoms with E-state index in [1.54, 1.807) is 12.7 Å². The minimum absolute atomic E-state index is 0.177. The van der Waals surface area contributed by atoms with Gasteiger partial charge in [-0.25, -0.2) is 0 Å². The molecule has 2 aromatic rings. The summed E-state index contributed by atoms with van der Waals surface area (Å²) in [7, 11) is 0. The molecular weight excluding hydrogens is 304 g/mol. The molecule has 6 nitrogen and oxygen atoms in total. The number of benzene rings is 1. The van der Waals surface area contributed by atoms with Crippen molar-refractivity contribution in [2.45, 2.75) is 25.1 Å². The van der Waals surface area contributed by atoms with Crippen LogP contribution in [0.3, 0.4) is 0 Å². The normalized spacial score (nSPS) is 28.2. The second kappa shape index (κ2) is 7.01. The summed E-state index contributed by atoms with van der Waals surface area (Å²) >= 11 is 0. The second-order valence-corrected chi connectivity index (χ2v) is 6.97. The largest absolute Gasteiger partial charge is 0.377 e. The summed E-state index contributed by atoms with van der Waals surface area (Å²) in [5.74, 6) is 0.487. The predicted molar refractivity (Wildman–Crippen MR) is 89.4 cm³/mol. The van der Waals surface area contributed by atoms with Gasteiger partial charge in [-0.3, -0.25) is 4.90 Å². The summed E-state index contributed by atoms with van der Waals surface area (Å²) in [4.78, 5) is 2.46. The van der Waals surface area contributed by atoms with Crippen molar-refractivity contribution in [3.8, 4) is 0 Å². The molecule has 0 N–H and O–H groups in total. The summed E-state index contributed by atoms with van der Waals surface area (Å²) < 4.78 is 14.2. The van der Waals surface area contributed by atoms with Crippen LogP contribution >= 0.6 is 0 Å². The van der Waals surface area contributed by atoms with Gasteiger partial charge in [0.15, 0.2) is 0 Å². The van der Waals surface area contributed by atoms with Crippen LogP contribution in [-0.4, -0.2) is 58.2 Å². The van der Waals surface area contributed by atoms with Crippen LogP contribution in [0.4, 0.5) is 0 Å². The smallest absolute Gasteiger partial charge is 0.119 e. The maximum absolute atomic E-state index is 6.27. The van der Waals surface area contributed by atoms with E-state index < -0.39 is 0 Å². The standard InChI is InChI=1S/C18H24N4O2/c1-2-4-16(5-3-1)9-21-6-7-23-13-18(12-21)8-17(11-24-18)10-22-14-19-20-15-22/h1-5,14-15,17H,6-13H2/t17-,18+/m1/s1. The molecule has 0 saturated carbocycles. The van der Waals surface area contributed by atoms with Gasteiger partial charge in [-0.05, 0) is 12.0 Å². The topological polar surface area (TPSA) is 52.4 Å². The molecule has 2 fully saturated rings. The van der Waals surface area contributed by atoms with Crippen LogP contribution in [0.5, 0.6) is 0 Å². The first-order valence-electron chi connectivity index (χ1n) is 8.62. The van der Waals surface area contributed by atoms with E-state index in [9.17, 15) is 0 Å². The third-order valence-corrected chi connectivity index (χ3v) is 4.90. The highest BCUT2D eigenvalue weighted by molar-refractivity contribution is 5.14. The van der Waals surface area contributed by atoms with E-state index in [-0.39, 0.29) is 5.60 Å². The molecule has 2 aliphatic rings. The van der Waals surface area contributed by atoms with Crippen molar-refractivity contribution in [2.24, 2.45) is 5.92 Å². The molecule has 2 aliphatic heterocycles. The van der Waals surface area contributed by atoms with Crippen molar-refractivity contribution in [3.63, 3.8) is 0 Å². The molecule has 1 aromatic carbocycles. The lowest BCUT2D eigenvalue weighted by Crippen LogP contribution is -2.43. The summed E-state index contributed by atoms with van der Waals surface area (Å²) in [6.45, 7) is 5.99. The zero-order chi connectivity index (χ0) is 16.2. The van der Waals surface area contributed by atoms with Gasteiger partial charge in [0.25, 0.3) is 0 Å². The first-order chi connectivity index (χ1) is 11.8. The molecule has 0 bridgehead atoms. The maximum atomic E-state index is 6.27. The Morgan fingerprint density at radius 2 is 2.00 bits per heavy atom. The average Bonchev–Trinajstić information content (AvgIpc) is 3.19. The Morgan fingerprint density at radius 3 is 2.83 bits per heavy atom. The van der Waals surface area contributed by atoms with E-state index in [1.165, 1.54) is 5.56 Å². The zero-order valence-electron chi connectivity index (χ0n) is 13.9. The van der Waals surface area contributed by atoms with E-state index in [0.717, 1.165) is 45.8 Å².